The number of hydrogen-bond donors (Lipinski definition) is 2. The molecule has 0 aromatic heterocycles. The molecule has 2 amide bonds. The van der Waals surface area contributed by atoms with E-state index >= 15 is 0 Å². The number of nitrogens with zero attached hydrogens (tertiary/aromatic N) is 1. The first-order valence-corrected chi connectivity index (χ1v) is 13.8. The van der Waals surface area contributed by atoms with E-state index in [9.17, 15) is 14.4 Å². The van der Waals surface area contributed by atoms with Crippen molar-refractivity contribution in [3.8, 4) is 17.2 Å². The Balaban J connectivity index is 1.42. The van der Waals surface area contributed by atoms with Gasteiger partial charge in [-0.3, -0.25) is 9.59 Å². The van der Waals surface area contributed by atoms with Crippen LogP contribution in [0, 0.1) is 0 Å². The number of hydrogen-bond acceptors (Lipinski definition) is 7. The van der Waals surface area contributed by atoms with Gasteiger partial charge in [0.1, 0.15) is 5.75 Å². The fourth-order valence-electron chi connectivity index (χ4n) is 3.79. The maximum atomic E-state index is 12.8. The van der Waals surface area contributed by atoms with Crippen molar-refractivity contribution in [3.05, 3.63) is 116 Å². The average Bonchev–Trinajstić information content (AvgIpc) is 2.98. The number of carbonyl (C=O) groups excluding carboxylic acids is 3. The summed E-state index contributed by atoms with van der Waals surface area (Å²) in [6.07, 6.45) is 1.40. The predicted molar refractivity (Wildman–Crippen MR) is 166 cm³/mol. The van der Waals surface area contributed by atoms with E-state index in [0.29, 0.717) is 33.7 Å². The molecule has 9 nitrogen and oxygen atoms in total. The van der Waals surface area contributed by atoms with Gasteiger partial charge in [-0.25, -0.2) is 10.2 Å². The Hall–Kier alpha value is -4.57. The van der Waals surface area contributed by atoms with Crippen molar-refractivity contribution in [2.45, 2.75) is 6.92 Å². The molecule has 0 fully saturated rings. The third kappa shape index (κ3) is 8.26. The fourth-order valence-corrected chi connectivity index (χ4v) is 4.45. The second kappa shape index (κ2) is 14.6. The highest BCUT2D eigenvalue weighted by molar-refractivity contribution is 6.36. The highest BCUT2D eigenvalue weighted by Crippen LogP contribution is 2.30. The summed E-state index contributed by atoms with van der Waals surface area (Å²) < 4.78 is 16.4. The van der Waals surface area contributed by atoms with Crippen molar-refractivity contribution in [1.82, 2.24) is 5.43 Å². The quantitative estimate of drug-likeness (QED) is 0.0814. The normalized spacial score (nSPS) is 10.7. The SMILES string of the molecule is CCOc1cc(C=NNC(=O)c2cccc(NC(=O)c3cc(Cl)ccc3OC)c2)ccc1OC(=O)c1ccc(Cl)cc1Cl. The zero-order chi connectivity index (χ0) is 30.9. The lowest BCUT2D eigenvalue weighted by molar-refractivity contribution is 0.0728. The highest BCUT2D eigenvalue weighted by Gasteiger charge is 2.17. The van der Waals surface area contributed by atoms with Gasteiger partial charge in [0.25, 0.3) is 11.8 Å². The van der Waals surface area contributed by atoms with Gasteiger partial charge in [-0.05, 0) is 85.3 Å². The zero-order valence-electron chi connectivity index (χ0n) is 22.8. The van der Waals surface area contributed by atoms with Gasteiger partial charge < -0.3 is 19.5 Å². The van der Waals surface area contributed by atoms with Crippen molar-refractivity contribution in [1.29, 1.82) is 0 Å². The van der Waals surface area contributed by atoms with E-state index in [1.807, 2.05) is 0 Å². The van der Waals surface area contributed by atoms with Crippen molar-refractivity contribution in [2.24, 2.45) is 5.10 Å². The van der Waals surface area contributed by atoms with Crippen LogP contribution in [0.15, 0.2) is 84.0 Å². The summed E-state index contributed by atoms with van der Waals surface area (Å²) in [4.78, 5) is 38.2. The number of anilines is 1. The van der Waals surface area contributed by atoms with E-state index < -0.39 is 17.8 Å². The van der Waals surface area contributed by atoms with Gasteiger partial charge in [0, 0.05) is 21.3 Å². The standard InChI is InChI=1S/C31H24Cl3N3O6/c1-3-42-28-13-18(7-11-27(28)43-31(40)23-10-8-21(33)16-25(23)34)17-35-37-29(38)19-5-4-6-22(14-19)36-30(39)24-15-20(32)9-12-26(24)41-2/h4-17H,3H2,1-2H3,(H,36,39)(H,37,38). The number of rotatable bonds is 10. The second-order valence-corrected chi connectivity index (χ2v) is 10.0. The summed E-state index contributed by atoms with van der Waals surface area (Å²) in [6.45, 7) is 2.09. The largest absolute Gasteiger partial charge is 0.496 e. The van der Waals surface area contributed by atoms with Crippen LogP contribution >= 0.6 is 34.8 Å². The van der Waals surface area contributed by atoms with E-state index in [1.54, 1.807) is 49.4 Å². The van der Waals surface area contributed by atoms with Crippen LogP contribution in [0.4, 0.5) is 5.69 Å². The van der Waals surface area contributed by atoms with Gasteiger partial charge in [-0.1, -0.05) is 40.9 Å². The number of hydrazone groups is 1. The van der Waals surface area contributed by atoms with Crippen LogP contribution in [0.5, 0.6) is 17.2 Å². The minimum Gasteiger partial charge on any atom is -0.496 e. The molecule has 0 saturated heterocycles. The summed E-state index contributed by atoms with van der Waals surface area (Å²) in [7, 11) is 1.45. The summed E-state index contributed by atoms with van der Waals surface area (Å²) >= 11 is 18.1. The molecular weight excluding hydrogens is 617 g/mol. The smallest absolute Gasteiger partial charge is 0.345 e. The van der Waals surface area contributed by atoms with Crippen molar-refractivity contribution in [2.75, 3.05) is 19.0 Å². The number of nitrogens with one attached hydrogen (secondary N) is 2. The first kappa shape index (κ1) is 31.4. The summed E-state index contributed by atoms with van der Waals surface area (Å²) in [5.41, 5.74) is 4.04. The number of ether oxygens (including phenoxy) is 3. The molecular formula is C31H24Cl3N3O6. The molecule has 0 spiro atoms. The summed E-state index contributed by atoms with van der Waals surface area (Å²) in [6, 6.07) is 20.2. The van der Waals surface area contributed by atoms with Crippen LogP contribution < -0.4 is 25.0 Å². The first-order chi connectivity index (χ1) is 20.7. The zero-order valence-corrected chi connectivity index (χ0v) is 25.1. The summed E-state index contributed by atoms with van der Waals surface area (Å²) in [5.74, 6) is -0.825. The van der Waals surface area contributed by atoms with Gasteiger partial charge in [-0.15, -0.1) is 0 Å². The molecule has 12 heteroatoms. The monoisotopic (exact) mass is 639 g/mol. The molecule has 4 rings (SSSR count). The van der Waals surface area contributed by atoms with Gasteiger partial charge in [-0.2, -0.15) is 5.10 Å². The summed E-state index contributed by atoms with van der Waals surface area (Å²) in [5, 5.41) is 7.67. The number of amides is 2. The number of methoxy groups -OCH3 is 1. The topological polar surface area (TPSA) is 115 Å². The lowest BCUT2D eigenvalue weighted by atomic mass is 10.1. The first-order valence-electron chi connectivity index (χ1n) is 12.7. The Morgan fingerprint density at radius 2 is 1.56 bits per heavy atom. The second-order valence-electron chi connectivity index (χ2n) is 8.73. The Kier molecular flexibility index (Phi) is 10.6. The van der Waals surface area contributed by atoms with Gasteiger partial charge >= 0.3 is 5.97 Å². The molecule has 4 aromatic rings. The van der Waals surface area contributed by atoms with E-state index in [4.69, 9.17) is 49.0 Å². The molecule has 0 atom stereocenters. The van der Waals surface area contributed by atoms with Crippen LogP contribution in [0.3, 0.4) is 0 Å². The molecule has 2 N–H and O–H groups in total. The van der Waals surface area contributed by atoms with Gasteiger partial charge in [0.05, 0.1) is 36.1 Å². The number of carbonyl (C=O) groups is 3. The third-order valence-electron chi connectivity index (χ3n) is 5.79. The molecule has 0 aliphatic rings. The maximum Gasteiger partial charge on any atom is 0.345 e. The van der Waals surface area contributed by atoms with E-state index in [1.165, 1.54) is 49.7 Å². The fraction of sp³-hybridized carbons (Fsp3) is 0.0968. The number of halogens is 3. The predicted octanol–water partition coefficient (Wildman–Crippen LogP) is 7.29. The highest BCUT2D eigenvalue weighted by atomic mass is 35.5. The van der Waals surface area contributed by atoms with Crippen LogP contribution in [0.2, 0.25) is 15.1 Å². The molecule has 0 aliphatic carbocycles. The van der Waals surface area contributed by atoms with E-state index in [-0.39, 0.29) is 33.2 Å². The Labute approximate surface area is 262 Å². The number of esters is 1. The molecule has 0 saturated carbocycles. The Morgan fingerprint density at radius 1 is 0.814 bits per heavy atom. The van der Waals surface area contributed by atoms with E-state index in [0.717, 1.165) is 0 Å². The van der Waals surface area contributed by atoms with Crippen LogP contribution in [0.25, 0.3) is 0 Å². The number of benzene rings is 4. The molecule has 220 valence electrons. The Bertz CT molecular complexity index is 1710. The molecule has 0 heterocycles. The van der Waals surface area contributed by atoms with Gasteiger partial charge in [0.15, 0.2) is 11.5 Å². The minimum absolute atomic E-state index is 0.148. The average molecular weight is 641 g/mol. The van der Waals surface area contributed by atoms with Crippen molar-refractivity contribution >= 4 is 64.5 Å². The lowest BCUT2D eigenvalue weighted by Crippen LogP contribution is -2.18. The third-order valence-corrected chi connectivity index (χ3v) is 6.57. The molecule has 43 heavy (non-hydrogen) atoms. The van der Waals surface area contributed by atoms with Crippen molar-refractivity contribution in [3.63, 3.8) is 0 Å². The van der Waals surface area contributed by atoms with E-state index in [2.05, 4.69) is 15.8 Å². The molecule has 4 aromatic carbocycles. The van der Waals surface area contributed by atoms with Crippen molar-refractivity contribution < 1.29 is 28.6 Å². The molecule has 0 bridgehead atoms. The van der Waals surface area contributed by atoms with Crippen LogP contribution in [-0.2, 0) is 0 Å². The van der Waals surface area contributed by atoms with Crippen LogP contribution in [0.1, 0.15) is 43.6 Å². The Morgan fingerprint density at radius 3 is 2.30 bits per heavy atom. The molecule has 0 radical (unpaired) electrons. The van der Waals surface area contributed by atoms with Gasteiger partial charge in [0.2, 0.25) is 0 Å². The maximum absolute atomic E-state index is 12.8. The van der Waals surface area contributed by atoms with Crippen LogP contribution in [-0.4, -0.2) is 37.7 Å². The molecule has 0 aliphatic heterocycles. The lowest BCUT2D eigenvalue weighted by Gasteiger charge is -2.12. The molecule has 0 unspecified atom stereocenters. The minimum atomic E-state index is -0.679.